The van der Waals surface area contributed by atoms with Gasteiger partial charge in [0.1, 0.15) is 5.76 Å². The monoisotopic (exact) mass is 248 g/mol. The first kappa shape index (κ1) is 12.8. The molecule has 1 N–H and O–H groups in total. The highest BCUT2D eigenvalue weighted by molar-refractivity contribution is 5.05. The summed E-state index contributed by atoms with van der Waals surface area (Å²) < 4.78 is 7.36. The predicted octanol–water partition coefficient (Wildman–Crippen LogP) is 2.22. The smallest absolute Gasteiger partial charge is 0.208 e. The van der Waals surface area contributed by atoms with Gasteiger partial charge in [-0.15, -0.1) is 0 Å². The van der Waals surface area contributed by atoms with Gasteiger partial charge >= 0.3 is 0 Å². The molecule has 5 heteroatoms. The minimum Gasteiger partial charge on any atom is -0.445 e. The van der Waals surface area contributed by atoms with E-state index in [9.17, 15) is 0 Å². The molecule has 98 valence electrons. The number of aryl methyl sites for hydroxylation is 1. The molecular formula is C13H20N4O. The van der Waals surface area contributed by atoms with Gasteiger partial charge in [0.15, 0.2) is 0 Å². The molecule has 0 amide bonds. The van der Waals surface area contributed by atoms with Gasteiger partial charge in [-0.05, 0) is 27.7 Å². The number of hydrogen-bond acceptors (Lipinski definition) is 4. The third-order valence-electron chi connectivity index (χ3n) is 2.60. The lowest BCUT2D eigenvalue weighted by Gasteiger charge is -2.18. The zero-order valence-corrected chi connectivity index (χ0v) is 11.4. The Labute approximate surface area is 107 Å². The van der Waals surface area contributed by atoms with Crippen LogP contribution in [-0.4, -0.2) is 14.8 Å². The number of rotatable bonds is 4. The zero-order valence-electron chi connectivity index (χ0n) is 11.4. The van der Waals surface area contributed by atoms with Crippen LogP contribution in [0.5, 0.6) is 0 Å². The van der Waals surface area contributed by atoms with Crippen LogP contribution in [-0.2, 0) is 18.6 Å². The summed E-state index contributed by atoms with van der Waals surface area (Å²) in [6.07, 6.45) is 5.68. The highest BCUT2D eigenvalue weighted by Gasteiger charge is 2.13. The molecule has 0 aliphatic carbocycles. The van der Waals surface area contributed by atoms with E-state index in [1.54, 1.807) is 6.20 Å². The number of oxazole rings is 1. The Morgan fingerprint density at radius 2 is 2.06 bits per heavy atom. The first-order valence-electron chi connectivity index (χ1n) is 6.11. The first-order chi connectivity index (χ1) is 8.45. The molecule has 5 nitrogen and oxygen atoms in total. The van der Waals surface area contributed by atoms with Crippen molar-refractivity contribution < 1.29 is 4.42 Å². The third-order valence-corrected chi connectivity index (χ3v) is 2.60. The molecule has 0 spiro atoms. The molecule has 0 saturated carbocycles. The Morgan fingerprint density at radius 1 is 1.28 bits per heavy atom. The van der Waals surface area contributed by atoms with Crippen LogP contribution in [0.3, 0.4) is 0 Å². The van der Waals surface area contributed by atoms with E-state index in [2.05, 4.69) is 42.4 Å². The Hall–Kier alpha value is -1.62. The molecule has 0 aliphatic rings. The van der Waals surface area contributed by atoms with Gasteiger partial charge in [-0.3, -0.25) is 4.68 Å². The number of aromatic nitrogens is 3. The maximum absolute atomic E-state index is 5.39. The molecule has 2 rings (SSSR count). The summed E-state index contributed by atoms with van der Waals surface area (Å²) in [6.45, 7) is 9.68. The number of nitrogens with zero attached hydrogens (tertiary/aromatic N) is 3. The SMILES string of the molecule is Cc1cnc(CNCc2cnn(C(C)(C)C)c2)o1. The Balaban J connectivity index is 1.85. The first-order valence-corrected chi connectivity index (χ1v) is 6.11. The normalized spacial score (nSPS) is 12.0. The highest BCUT2D eigenvalue weighted by Crippen LogP contribution is 2.13. The molecule has 0 aliphatic heterocycles. The van der Waals surface area contributed by atoms with Crippen molar-refractivity contribution in [3.8, 4) is 0 Å². The van der Waals surface area contributed by atoms with Crippen LogP contribution in [0.4, 0.5) is 0 Å². The van der Waals surface area contributed by atoms with Crippen LogP contribution in [0.1, 0.15) is 38.0 Å². The van der Waals surface area contributed by atoms with Crippen LogP contribution in [0.15, 0.2) is 23.0 Å². The molecule has 0 aromatic carbocycles. The van der Waals surface area contributed by atoms with Gasteiger partial charge in [0, 0.05) is 18.3 Å². The summed E-state index contributed by atoms with van der Waals surface area (Å²) >= 11 is 0. The molecule has 0 fully saturated rings. The van der Waals surface area contributed by atoms with E-state index in [4.69, 9.17) is 4.42 Å². The second-order valence-corrected chi connectivity index (χ2v) is 5.43. The van der Waals surface area contributed by atoms with Crippen molar-refractivity contribution in [1.29, 1.82) is 0 Å². The third kappa shape index (κ3) is 3.20. The standard InChI is InChI=1S/C13H20N4O/c1-10-5-15-12(18-10)8-14-6-11-7-16-17(9-11)13(2,3)4/h5,7,9,14H,6,8H2,1-4H3. The summed E-state index contributed by atoms with van der Waals surface area (Å²) in [5, 5.41) is 7.64. The summed E-state index contributed by atoms with van der Waals surface area (Å²) in [4.78, 5) is 4.14. The lowest BCUT2D eigenvalue weighted by Crippen LogP contribution is -2.22. The van der Waals surface area contributed by atoms with Crippen LogP contribution in [0.2, 0.25) is 0 Å². The highest BCUT2D eigenvalue weighted by atomic mass is 16.4. The lowest BCUT2D eigenvalue weighted by atomic mass is 10.1. The van der Waals surface area contributed by atoms with E-state index in [1.165, 1.54) is 0 Å². The van der Waals surface area contributed by atoms with Crippen LogP contribution >= 0.6 is 0 Å². The fourth-order valence-electron chi connectivity index (χ4n) is 1.62. The van der Waals surface area contributed by atoms with E-state index in [1.807, 2.05) is 17.8 Å². The minimum atomic E-state index is 0.0257. The fourth-order valence-corrected chi connectivity index (χ4v) is 1.62. The molecule has 0 bridgehead atoms. The molecule has 0 atom stereocenters. The topological polar surface area (TPSA) is 55.9 Å². The van der Waals surface area contributed by atoms with Crippen LogP contribution in [0, 0.1) is 6.92 Å². The second-order valence-electron chi connectivity index (χ2n) is 5.43. The molecule has 2 aromatic rings. The van der Waals surface area contributed by atoms with E-state index >= 15 is 0 Å². The summed E-state index contributed by atoms with van der Waals surface area (Å²) in [5.41, 5.74) is 1.19. The van der Waals surface area contributed by atoms with E-state index in [-0.39, 0.29) is 5.54 Å². The van der Waals surface area contributed by atoms with Crippen molar-refractivity contribution >= 4 is 0 Å². The zero-order chi connectivity index (χ0) is 13.2. The van der Waals surface area contributed by atoms with Gasteiger partial charge in [-0.25, -0.2) is 4.98 Å². The molecule has 2 heterocycles. The Bertz CT molecular complexity index is 507. The quantitative estimate of drug-likeness (QED) is 0.901. The summed E-state index contributed by atoms with van der Waals surface area (Å²) in [5.74, 6) is 1.56. The van der Waals surface area contributed by atoms with Crippen molar-refractivity contribution in [1.82, 2.24) is 20.1 Å². The molecule has 2 aromatic heterocycles. The van der Waals surface area contributed by atoms with E-state index in [0.717, 1.165) is 23.8 Å². The van der Waals surface area contributed by atoms with Gasteiger partial charge < -0.3 is 9.73 Å². The number of nitrogens with one attached hydrogen (secondary N) is 1. The maximum Gasteiger partial charge on any atom is 0.208 e. The van der Waals surface area contributed by atoms with Gasteiger partial charge in [0.25, 0.3) is 0 Å². The van der Waals surface area contributed by atoms with Gasteiger partial charge in [0.05, 0.1) is 24.5 Å². The Kier molecular flexibility index (Phi) is 3.52. The number of hydrogen-bond donors (Lipinski definition) is 1. The second kappa shape index (κ2) is 4.94. The molecule has 0 unspecified atom stereocenters. The average molecular weight is 248 g/mol. The van der Waals surface area contributed by atoms with Crippen LogP contribution < -0.4 is 5.32 Å². The summed E-state index contributed by atoms with van der Waals surface area (Å²) in [7, 11) is 0. The van der Waals surface area contributed by atoms with Crippen molar-refractivity contribution in [2.24, 2.45) is 0 Å². The summed E-state index contributed by atoms with van der Waals surface area (Å²) in [6, 6.07) is 0. The predicted molar refractivity (Wildman–Crippen MR) is 69.0 cm³/mol. The van der Waals surface area contributed by atoms with Gasteiger partial charge in [0.2, 0.25) is 5.89 Å². The lowest BCUT2D eigenvalue weighted by molar-refractivity contribution is 0.355. The van der Waals surface area contributed by atoms with E-state index in [0.29, 0.717) is 6.54 Å². The minimum absolute atomic E-state index is 0.0257. The largest absolute Gasteiger partial charge is 0.445 e. The van der Waals surface area contributed by atoms with E-state index < -0.39 is 0 Å². The Morgan fingerprint density at radius 3 is 2.61 bits per heavy atom. The molecular weight excluding hydrogens is 228 g/mol. The van der Waals surface area contributed by atoms with Gasteiger partial charge in [-0.2, -0.15) is 5.10 Å². The van der Waals surface area contributed by atoms with Crippen LogP contribution in [0.25, 0.3) is 0 Å². The van der Waals surface area contributed by atoms with Crippen molar-refractivity contribution in [3.63, 3.8) is 0 Å². The molecule has 0 radical (unpaired) electrons. The molecule has 18 heavy (non-hydrogen) atoms. The molecule has 0 saturated heterocycles. The maximum atomic E-state index is 5.39. The van der Waals surface area contributed by atoms with Crippen molar-refractivity contribution in [2.45, 2.75) is 46.3 Å². The van der Waals surface area contributed by atoms with Crippen molar-refractivity contribution in [2.75, 3.05) is 0 Å². The fraction of sp³-hybridized carbons (Fsp3) is 0.538. The van der Waals surface area contributed by atoms with Gasteiger partial charge in [-0.1, -0.05) is 0 Å². The van der Waals surface area contributed by atoms with Crippen molar-refractivity contribution in [3.05, 3.63) is 35.8 Å². The average Bonchev–Trinajstić information content (AvgIpc) is 2.87.